The van der Waals surface area contributed by atoms with Crippen molar-refractivity contribution >= 4 is 34.4 Å². The van der Waals surface area contributed by atoms with Crippen LogP contribution in [-0.4, -0.2) is 33.0 Å². The number of hydrogen-bond acceptors (Lipinski definition) is 5. The summed E-state index contributed by atoms with van der Waals surface area (Å²) in [5.41, 5.74) is 1.24. The van der Waals surface area contributed by atoms with E-state index in [9.17, 15) is 4.79 Å². The first kappa shape index (κ1) is 14.4. The predicted octanol–water partition coefficient (Wildman–Crippen LogP) is 2.13. The van der Waals surface area contributed by atoms with Crippen LogP contribution in [0.15, 0.2) is 29.2 Å². The average molecular weight is 319 g/mol. The summed E-state index contributed by atoms with van der Waals surface area (Å²) >= 11 is 6.18. The number of aromatic amines is 2. The maximum atomic E-state index is 11.3. The lowest BCUT2D eigenvalue weighted by molar-refractivity contribution is 0.991. The van der Waals surface area contributed by atoms with Crippen molar-refractivity contribution in [2.24, 2.45) is 0 Å². The molecule has 0 atom stereocenters. The lowest BCUT2D eigenvalue weighted by Gasteiger charge is -2.08. The van der Waals surface area contributed by atoms with Gasteiger partial charge in [-0.25, -0.2) is 9.97 Å². The van der Waals surface area contributed by atoms with Crippen molar-refractivity contribution in [3.8, 4) is 0 Å². The minimum atomic E-state index is -0.173. The Hall–Kier alpha value is -2.54. The summed E-state index contributed by atoms with van der Waals surface area (Å²) in [5, 5.41) is 7.75. The fourth-order valence-electron chi connectivity index (χ4n) is 2.12. The quantitative estimate of drug-likeness (QED) is 0.540. The van der Waals surface area contributed by atoms with E-state index in [0.29, 0.717) is 35.6 Å². The largest absolute Gasteiger partial charge is 0.368 e. The Morgan fingerprint density at radius 1 is 1.23 bits per heavy atom. The molecule has 7 nitrogen and oxygen atoms in total. The zero-order chi connectivity index (χ0) is 15.5. The molecule has 3 aromatic heterocycles. The molecular weight excluding hydrogens is 304 g/mol. The molecule has 4 N–H and O–H groups in total. The van der Waals surface area contributed by atoms with Gasteiger partial charge in [0.2, 0.25) is 5.95 Å². The highest BCUT2D eigenvalue weighted by molar-refractivity contribution is 6.35. The first-order valence-corrected chi connectivity index (χ1v) is 7.19. The van der Waals surface area contributed by atoms with Crippen molar-refractivity contribution in [2.75, 3.05) is 23.7 Å². The van der Waals surface area contributed by atoms with E-state index in [1.807, 2.05) is 6.07 Å². The van der Waals surface area contributed by atoms with E-state index in [2.05, 4.69) is 30.6 Å². The highest BCUT2D eigenvalue weighted by Crippen LogP contribution is 2.23. The number of fused-ring (bicyclic) bond motifs is 1. The summed E-state index contributed by atoms with van der Waals surface area (Å²) in [6, 6.07) is 5.11. The van der Waals surface area contributed by atoms with Gasteiger partial charge in [0.25, 0.3) is 5.56 Å². The second-order valence-electron chi connectivity index (χ2n) is 4.82. The van der Waals surface area contributed by atoms with Crippen LogP contribution < -0.4 is 16.2 Å². The van der Waals surface area contributed by atoms with Gasteiger partial charge in [-0.15, -0.1) is 0 Å². The molecule has 0 unspecified atom stereocenters. The molecular formula is C14H15ClN6O. The average Bonchev–Trinajstić information content (AvgIpc) is 2.91. The summed E-state index contributed by atoms with van der Waals surface area (Å²) in [6.45, 7) is 2.96. The molecule has 3 heterocycles. The monoisotopic (exact) mass is 318 g/mol. The summed E-state index contributed by atoms with van der Waals surface area (Å²) < 4.78 is 0. The number of rotatable bonds is 5. The van der Waals surface area contributed by atoms with Gasteiger partial charge >= 0.3 is 0 Å². The standard InChI is InChI=1S/C14H15ClN6O/c1-8-6-12(22)21-14(19-8)18-5-4-16-11-7-10(15)9-2-3-17-13(9)20-11/h2-3,6-7H,4-5H2,1H3,(H2,16,17,20)(H2,18,19,21,22). The molecule has 0 bridgehead atoms. The van der Waals surface area contributed by atoms with Crippen LogP contribution in [0, 0.1) is 6.92 Å². The summed E-state index contributed by atoms with van der Waals surface area (Å²) in [4.78, 5) is 25.6. The topological polar surface area (TPSA) is 98.5 Å². The van der Waals surface area contributed by atoms with Gasteiger partial charge in [-0.1, -0.05) is 11.6 Å². The number of hydrogen-bond donors (Lipinski definition) is 4. The zero-order valence-corrected chi connectivity index (χ0v) is 12.7. The van der Waals surface area contributed by atoms with Crippen molar-refractivity contribution in [2.45, 2.75) is 6.92 Å². The van der Waals surface area contributed by atoms with Crippen LogP contribution in [0.5, 0.6) is 0 Å². The van der Waals surface area contributed by atoms with Gasteiger partial charge < -0.3 is 15.6 Å². The van der Waals surface area contributed by atoms with Gasteiger partial charge in [0.05, 0.1) is 5.02 Å². The Labute approximate surface area is 131 Å². The van der Waals surface area contributed by atoms with E-state index >= 15 is 0 Å². The molecule has 0 radical (unpaired) electrons. The normalized spacial score (nSPS) is 10.8. The van der Waals surface area contributed by atoms with Gasteiger partial charge in [0.15, 0.2) is 0 Å². The van der Waals surface area contributed by atoms with E-state index in [0.717, 1.165) is 11.0 Å². The van der Waals surface area contributed by atoms with Crippen molar-refractivity contribution in [1.82, 2.24) is 19.9 Å². The first-order chi connectivity index (χ1) is 10.6. The Balaban J connectivity index is 1.59. The number of aromatic nitrogens is 4. The Bertz CT molecular complexity index is 856. The van der Waals surface area contributed by atoms with E-state index in [1.165, 1.54) is 6.07 Å². The van der Waals surface area contributed by atoms with Crippen LogP contribution >= 0.6 is 11.6 Å². The predicted molar refractivity (Wildman–Crippen MR) is 87.7 cm³/mol. The number of aryl methyl sites for hydroxylation is 1. The maximum absolute atomic E-state index is 11.3. The molecule has 0 saturated carbocycles. The van der Waals surface area contributed by atoms with E-state index < -0.39 is 0 Å². The van der Waals surface area contributed by atoms with E-state index in [-0.39, 0.29) is 5.56 Å². The minimum absolute atomic E-state index is 0.173. The third-order valence-electron chi connectivity index (χ3n) is 3.07. The number of H-pyrrole nitrogens is 2. The molecule has 22 heavy (non-hydrogen) atoms. The van der Waals surface area contributed by atoms with Gasteiger partial charge in [0.1, 0.15) is 11.5 Å². The Morgan fingerprint density at radius 2 is 2.05 bits per heavy atom. The second kappa shape index (κ2) is 6.07. The number of nitrogens with zero attached hydrogens (tertiary/aromatic N) is 2. The number of nitrogens with one attached hydrogen (secondary N) is 4. The molecule has 0 saturated heterocycles. The molecule has 0 amide bonds. The number of anilines is 2. The van der Waals surface area contributed by atoms with E-state index in [4.69, 9.17) is 11.6 Å². The highest BCUT2D eigenvalue weighted by Gasteiger charge is 2.04. The smallest absolute Gasteiger partial charge is 0.252 e. The van der Waals surface area contributed by atoms with Gasteiger partial charge in [-0.2, -0.15) is 0 Å². The van der Waals surface area contributed by atoms with Crippen molar-refractivity contribution in [3.63, 3.8) is 0 Å². The molecule has 3 rings (SSSR count). The molecule has 0 aliphatic heterocycles. The lowest BCUT2D eigenvalue weighted by atomic mass is 10.3. The molecule has 0 aromatic carbocycles. The van der Waals surface area contributed by atoms with E-state index in [1.54, 1.807) is 19.2 Å². The molecule has 0 spiro atoms. The van der Waals surface area contributed by atoms with Crippen LogP contribution in [-0.2, 0) is 0 Å². The molecule has 3 aromatic rings. The highest BCUT2D eigenvalue weighted by atomic mass is 35.5. The molecule has 0 fully saturated rings. The van der Waals surface area contributed by atoms with Crippen LogP contribution in [0.1, 0.15) is 5.69 Å². The third-order valence-corrected chi connectivity index (χ3v) is 3.38. The summed E-state index contributed by atoms with van der Waals surface area (Å²) in [6.07, 6.45) is 1.80. The zero-order valence-electron chi connectivity index (χ0n) is 11.9. The van der Waals surface area contributed by atoms with Crippen LogP contribution in [0.4, 0.5) is 11.8 Å². The minimum Gasteiger partial charge on any atom is -0.368 e. The molecule has 8 heteroatoms. The van der Waals surface area contributed by atoms with Crippen LogP contribution in [0.25, 0.3) is 11.0 Å². The first-order valence-electron chi connectivity index (χ1n) is 6.81. The van der Waals surface area contributed by atoms with Crippen molar-refractivity contribution < 1.29 is 0 Å². The van der Waals surface area contributed by atoms with Gasteiger partial charge in [0, 0.05) is 36.4 Å². The lowest BCUT2D eigenvalue weighted by Crippen LogP contribution is -2.18. The second-order valence-corrected chi connectivity index (χ2v) is 5.23. The summed E-state index contributed by atoms with van der Waals surface area (Å²) in [5.74, 6) is 1.14. The SMILES string of the molecule is Cc1cc(=O)[nH]c(NCCNc2cc(Cl)c3cc[nH]c3n2)n1. The van der Waals surface area contributed by atoms with Gasteiger partial charge in [-0.05, 0) is 19.1 Å². The Kier molecular flexibility index (Phi) is 3.97. The molecule has 0 aliphatic carbocycles. The van der Waals surface area contributed by atoms with Crippen LogP contribution in [0.2, 0.25) is 5.02 Å². The van der Waals surface area contributed by atoms with Crippen molar-refractivity contribution in [3.05, 3.63) is 45.5 Å². The summed E-state index contributed by atoms with van der Waals surface area (Å²) in [7, 11) is 0. The number of pyridine rings is 1. The third kappa shape index (κ3) is 3.20. The van der Waals surface area contributed by atoms with Crippen molar-refractivity contribution in [1.29, 1.82) is 0 Å². The van der Waals surface area contributed by atoms with Crippen LogP contribution in [0.3, 0.4) is 0 Å². The number of halogens is 1. The molecule has 114 valence electrons. The fraction of sp³-hybridized carbons (Fsp3) is 0.214. The fourth-order valence-corrected chi connectivity index (χ4v) is 2.38. The Morgan fingerprint density at radius 3 is 2.86 bits per heavy atom. The molecule has 0 aliphatic rings. The van der Waals surface area contributed by atoms with Gasteiger partial charge in [-0.3, -0.25) is 9.78 Å². The maximum Gasteiger partial charge on any atom is 0.252 e.